The molecule has 0 saturated heterocycles. The number of benzene rings is 3. The van der Waals surface area contributed by atoms with Crippen LogP contribution in [0.25, 0.3) is 23.0 Å². The number of amides is 1. The molecular formula is C29H26N4O2. The van der Waals surface area contributed by atoms with Gasteiger partial charge in [0.2, 0.25) is 0 Å². The summed E-state index contributed by atoms with van der Waals surface area (Å²) in [5.41, 5.74) is 5.42. The predicted octanol–water partition coefficient (Wildman–Crippen LogP) is 6.13. The standard InChI is InChI=1S/C29H26N4O2/c1-20(2)35-26-16-14-22(15-17-26)28-23(19-32(31-28)24-10-6-4-7-11-24)18-27-21(3)30-33(29(27)34)25-12-8-5-9-13-25/h4-20H,1-3H3/b27-18-. The second-order valence-electron chi connectivity index (χ2n) is 8.60. The molecule has 0 saturated carbocycles. The fourth-order valence-corrected chi connectivity index (χ4v) is 3.98. The smallest absolute Gasteiger partial charge is 0.280 e. The molecule has 0 N–H and O–H groups in total. The molecule has 0 fully saturated rings. The summed E-state index contributed by atoms with van der Waals surface area (Å²) in [5, 5.41) is 10.8. The van der Waals surface area contributed by atoms with Crippen molar-refractivity contribution in [3.05, 3.63) is 102 Å². The molecule has 0 unspecified atom stereocenters. The molecule has 6 nitrogen and oxygen atoms in total. The van der Waals surface area contributed by atoms with E-state index in [9.17, 15) is 4.79 Å². The first-order valence-electron chi connectivity index (χ1n) is 11.6. The summed E-state index contributed by atoms with van der Waals surface area (Å²) in [4.78, 5) is 13.3. The predicted molar refractivity (Wildman–Crippen MR) is 140 cm³/mol. The van der Waals surface area contributed by atoms with E-state index in [0.717, 1.165) is 33.9 Å². The van der Waals surface area contributed by atoms with E-state index in [-0.39, 0.29) is 12.0 Å². The van der Waals surface area contributed by atoms with Gasteiger partial charge in [-0.25, -0.2) is 4.68 Å². The first-order chi connectivity index (χ1) is 17.0. The van der Waals surface area contributed by atoms with Gasteiger partial charge in [0.1, 0.15) is 5.75 Å². The fraction of sp³-hybridized carbons (Fsp3) is 0.138. The van der Waals surface area contributed by atoms with E-state index in [1.807, 2.05) is 123 Å². The summed E-state index contributed by atoms with van der Waals surface area (Å²) >= 11 is 0. The highest BCUT2D eigenvalue weighted by Gasteiger charge is 2.29. The quantitative estimate of drug-likeness (QED) is 0.324. The van der Waals surface area contributed by atoms with Gasteiger partial charge in [0, 0.05) is 17.3 Å². The molecule has 1 aliphatic rings. The molecule has 1 aliphatic heterocycles. The maximum absolute atomic E-state index is 13.3. The highest BCUT2D eigenvalue weighted by atomic mass is 16.5. The zero-order valence-corrected chi connectivity index (χ0v) is 19.9. The molecule has 0 aliphatic carbocycles. The van der Waals surface area contributed by atoms with Crippen LogP contribution in [-0.2, 0) is 4.79 Å². The highest BCUT2D eigenvalue weighted by molar-refractivity contribution is 6.32. The van der Waals surface area contributed by atoms with Crippen LogP contribution in [0.5, 0.6) is 5.75 Å². The minimum absolute atomic E-state index is 0.0987. The van der Waals surface area contributed by atoms with Crippen LogP contribution in [-0.4, -0.2) is 27.5 Å². The summed E-state index contributed by atoms with van der Waals surface area (Å²) in [6.45, 7) is 5.86. The van der Waals surface area contributed by atoms with Crippen molar-refractivity contribution in [3.63, 3.8) is 0 Å². The molecular weight excluding hydrogens is 436 g/mol. The molecule has 3 aromatic carbocycles. The second kappa shape index (κ2) is 9.43. The van der Waals surface area contributed by atoms with Crippen LogP contribution >= 0.6 is 0 Å². The lowest BCUT2D eigenvalue weighted by Gasteiger charge is -2.11. The molecule has 0 radical (unpaired) electrons. The monoisotopic (exact) mass is 462 g/mol. The van der Waals surface area contributed by atoms with Gasteiger partial charge in [0.05, 0.1) is 34.5 Å². The van der Waals surface area contributed by atoms with Gasteiger partial charge in [-0.1, -0.05) is 36.4 Å². The zero-order valence-electron chi connectivity index (χ0n) is 19.9. The van der Waals surface area contributed by atoms with Crippen molar-refractivity contribution in [2.45, 2.75) is 26.9 Å². The summed E-state index contributed by atoms with van der Waals surface area (Å²) in [6.07, 6.45) is 3.92. The van der Waals surface area contributed by atoms with Crippen molar-refractivity contribution in [2.75, 3.05) is 5.01 Å². The number of nitrogens with zero attached hydrogens (tertiary/aromatic N) is 4. The zero-order chi connectivity index (χ0) is 24.4. The Morgan fingerprint density at radius 2 is 1.49 bits per heavy atom. The Bertz CT molecular complexity index is 1400. The maximum atomic E-state index is 13.3. The number of hydrazone groups is 1. The molecule has 6 heteroatoms. The van der Waals surface area contributed by atoms with Crippen molar-refractivity contribution in [1.82, 2.24) is 9.78 Å². The average Bonchev–Trinajstić information content (AvgIpc) is 3.42. The third-order valence-corrected chi connectivity index (χ3v) is 5.63. The van der Waals surface area contributed by atoms with Gasteiger partial charge >= 0.3 is 0 Å². The van der Waals surface area contributed by atoms with Crippen LogP contribution in [0.3, 0.4) is 0 Å². The van der Waals surface area contributed by atoms with Gasteiger partial charge in [-0.3, -0.25) is 4.79 Å². The Morgan fingerprint density at radius 1 is 0.857 bits per heavy atom. The van der Waals surface area contributed by atoms with Gasteiger partial charge in [-0.2, -0.15) is 15.2 Å². The Balaban J connectivity index is 1.56. The van der Waals surface area contributed by atoms with E-state index in [4.69, 9.17) is 9.84 Å². The lowest BCUT2D eigenvalue weighted by Crippen LogP contribution is -2.21. The fourth-order valence-electron chi connectivity index (χ4n) is 3.98. The van der Waals surface area contributed by atoms with E-state index < -0.39 is 0 Å². The molecule has 2 heterocycles. The topological polar surface area (TPSA) is 59.7 Å². The average molecular weight is 463 g/mol. The second-order valence-corrected chi connectivity index (χ2v) is 8.60. The Labute approximate surface area is 204 Å². The van der Waals surface area contributed by atoms with Crippen molar-refractivity contribution in [3.8, 4) is 22.7 Å². The van der Waals surface area contributed by atoms with Crippen LogP contribution < -0.4 is 9.75 Å². The first kappa shape index (κ1) is 22.3. The van der Waals surface area contributed by atoms with E-state index in [0.29, 0.717) is 11.3 Å². The Hall–Kier alpha value is -4.45. The van der Waals surface area contributed by atoms with Crippen LogP contribution in [0.2, 0.25) is 0 Å². The lowest BCUT2D eigenvalue weighted by molar-refractivity contribution is -0.114. The Kier molecular flexibility index (Phi) is 6.02. The molecule has 0 atom stereocenters. The minimum Gasteiger partial charge on any atom is -0.491 e. The third kappa shape index (κ3) is 4.64. The maximum Gasteiger partial charge on any atom is 0.280 e. The van der Waals surface area contributed by atoms with Crippen LogP contribution in [0, 0.1) is 0 Å². The number of rotatable bonds is 6. The minimum atomic E-state index is -0.159. The van der Waals surface area contributed by atoms with Gasteiger partial charge in [0.25, 0.3) is 5.91 Å². The van der Waals surface area contributed by atoms with Gasteiger partial charge in [-0.05, 0) is 75.4 Å². The number of para-hydroxylation sites is 2. The third-order valence-electron chi connectivity index (χ3n) is 5.63. The molecule has 1 amide bonds. The molecule has 4 aromatic rings. The number of carbonyl (C=O) groups excluding carboxylic acids is 1. The van der Waals surface area contributed by atoms with Gasteiger partial charge in [0.15, 0.2) is 0 Å². The number of hydrogen-bond donors (Lipinski definition) is 0. The number of hydrogen-bond acceptors (Lipinski definition) is 4. The van der Waals surface area contributed by atoms with E-state index >= 15 is 0 Å². The van der Waals surface area contributed by atoms with E-state index in [1.165, 1.54) is 5.01 Å². The molecule has 0 bridgehead atoms. The van der Waals surface area contributed by atoms with Crippen molar-refractivity contribution in [2.24, 2.45) is 5.10 Å². The van der Waals surface area contributed by atoms with Crippen molar-refractivity contribution in [1.29, 1.82) is 0 Å². The highest BCUT2D eigenvalue weighted by Crippen LogP contribution is 2.30. The lowest BCUT2D eigenvalue weighted by atomic mass is 10.0. The normalized spacial score (nSPS) is 14.6. The largest absolute Gasteiger partial charge is 0.491 e. The van der Waals surface area contributed by atoms with E-state index in [1.54, 1.807) is 0 Å². The number of aromatic nitrogens is 2. The number of anilines is 1. The van der Waals surface area contributed by atoms with E-state index in [2.05, 4.69) is 5.10 Å². The first-order valence-corrected chi connectivity index (χ1v) is 11.6. The number of carbonyl (C=O) groups is 1. The Morgan fingerprint density at radius 3 is 2.11 bits per heavy atom. The molecule has 0 spiro atoms. The van der Waals surface area contributed by atoms with Crippen LogP contribution in [0.15, 0.2) is 102 Å². The molecule has 174 valence electrons. The van der Waals surface area contributed by atoms with Crippen molar-refractivity contribution < 1.29 is 9.53 Å². The SMILES string of the molecule is CC1=NN(c2ccccc2)C(=O)/C1=C\c1cn(-c2ccccc2)nc1-c1ccc(OC(C)C)cc1. The summed E-state index contributed by atoms with van der Waals surface area (Å²) in [6, 6.07) is 27.2. The van der Waals surface area contributed by atoms with Gasteiger partial charge in [-0.15, -0.1) is 0 Å². The molecule has 35 heavy (non-hydrogen) atoms. The molecule has 1 aromatic heterocycles. The van der Waals surface area contributed by atoms with Crippen LogP contribution in [0.1, 0.15) is 26.3 Å². The summed E-state index contributed by atoms with van der Waals surface area (Å²) in [5.74, 6) is 0.645. The van der Waals surface area contributed by atoms with Gasteiger partial charge < -0.3 is 4.74 Å². The summed E-state index contributed by atoms with van der Waals surface area (Å²) < 4.78 is 7.63. The summed E-state index contributed by atoms with van der Waals surface area (Å²) in [7, 11) is 0. The number of ether oxygens (including phenoxy) is 1. The van der Waals surface area contributed by atoms with Crippen LogP contribution in [0.4, 0.5) is 5.69 Å². The molecule has 5 rings (SSSR count). The van der Waals surface area contributed by atoms with Crippen molar-refractivity contribution >= 4 is 23.4 Å².